The fourth-order valence-corrected chi connectivity index (χ4v) is 12.3. The third kappa shape index (κ3) is 5.19. The first kappa shape index (κ1) is 36.5. The quantitative estimate of drug-likeness (QED) is 0.163. The van der Waals surface area contributed by atoms with Crippen LogP contribution in [0.1, 0.15) is 5.56 Å². The summed E-state index contributed by atoms with van der Waals surface area (Å²) in [6.45, 7) is -0.416. The molecule has 296 valence electrons. The van der Waals surface area contributed by atoms with Gasteiger partial charge >= 0.3 is 6.18 Å². The molecule has 4 aliphatic rings. The summed E-state index contributed by atoms with van der Waals surface area (Å²) < 4.78 is 47.0. The molecule has 63 heavy (non-hydrogen) atoms. The summed E-state index contributed by atoms with van der Waals surface area (Å²) in [6, 6.07) is 67.6. The van der Waals surface area contributed by atoms with Gasteiger partial charge in [-0.2, -0.15) is 13.2 Å². The van der Waals surface area contributed by atoms with E-state index in [4.69, 9.17) is 0 Å². The summed E-state index contributed by atoms with van der Waals surface area (Å²) in [6.07, 6.45) is -4.63. The lowest BCUT2D eigenvalue weighted by Gasteiger charge is -2.50. The first-order valence-electron chi connectivity index (χ1n) is 21.3. The molecule has 0 saturated heterocycles. The van der Waals surface area contributed by atoms with Gasteiger partial charge in [0.05, 0.1) is 16.9 Å². The molecule has 0 radical (unpaired) electrons. The number of hydrogen-bond donors (Lipinski definition) is 0. The molecule has 9 aromatic rings. The molecule has 0 N–H and O–H groups in total. The molecule has 0 atom stereocenters. The first-order chi connectivity index (χ1) is 31.0. The average molecular weight is 833 g/mol. The molecule has 0 bridgehead atoms. The molecule has 0 fully saturated rings. The van der Waals surface area contributed by atoms with E-state index in [1.54, 1.807) is 23.9 Å². The molecule has 0 amide bonds. The van der Waals surface area contributed by atoms with Crippen LogP contribution in [-0.4, -0.2) is 13.4 Å². The van der Waals surface area contributed by atoms with E-state index in [9.17, 15) is 0 Å². The third-order valence-electron chi connectivity index (χ3n) is 13.3. The smallest absolute Gasteiger partial charge is 0.312 e. The minimum Gasteiger partial charge on any atom is -0.312 e. The van der Waals surface area contributed by atoms with Gasteiger partial charge in [-0.3, -0.25) is 0 Å². The lowest BCUT2D eigenvalue weighted by molar-refractivity contribution is -0.137. The van der Waals surface area contributed by atoms with Crippen LogP contribution in [0.4, 0.5) is 47.3 Å². The van der Waals surface area contributed by atoms with Crippen LogP contribution < -0.4 is 42.6 Å². The van der Waals surface area contributed by atoms with E-state index >= 15 is 13.2 Å². The van der Waals surface area contributed by atoms with Crippen LogP contribution in [-0.2, 0) is 6.18 Å². The van der Waals surface area contributed by atoms with Crippen molar-refractivity contribution in [2.75, 3.05) is 9.80 Å². The topological polar surface area (TPSA) is 6.48 Å². The molecule has 0 aliphatic carbocycles. The van der Waals surface area contributed by atoms with Gasteiger partial charge in [-0.15, -0.1) is 0 Å². The van der Waals surface area contributed by atoms with Crippen molar-refractivity contribution >= 4 is 92.1 Å². The van der Waals surface area contributed by atoms with Gasteiger partial charge < -0.3 is 9.80 Å². The number of anilines is 6. The zero-order valence-electron chi connectivity index (χ0n) is 33.6. The van der Waals surface area contributed by atoms with E-state index in [-0.39, 0.29) is 19.1 Å². The minimum absolute atomic E-state index is 0.0957. The Kier molecular flexibility index (Phi) is 7.92. The van der Waals surface area contributed by atoms with E-state index in [1.807, 2.05) is 35.2 Å². The standard InChI is InChI=1S/C55H33B2F3N2S/c58-55(59,60)38-24-7-12-29-43(38)61-44-30-13-8-25-39(44)56-40-26-9-14-31-45(40)62-46-32-15-10-27-41(46)57-42-28-11-16-33-47(42)63-54-49(52(61)50(56)53(62)51(54)57)48-36(34-18-3-1-4-19-34)22-17-23-37(48)35-20-5-2-6-21-35/h1-33H. The fraction of sp³-hybridized carbons (Fsp3) is 0.0182. The summed E-state index contributed by atoms with van der Waals surface area (Å²) >= 11 is 1.75. The van der Waals surface area contributed by atoms with Crippen LogP contribution in [0, 0.1) is 0 Å². The number of nitrogens with zero attached hydrogens (tertiary/aromatic N) is 2. The van der Waals surface area contributed by atoms with Crippen LogP contribution in [0.2, 0.25) is 0 Å². The number of benzene rings is 9. The van der Waals surface area contributed by atoms with Crippen molar-refractivity contribution in [2.24, 2.45) is 0 Å². The van der Waals surface area contributed by atoms with Crippen molar-refractivity contribution in [3.63, 3.8) is 0 Å². The highest BCUT2D eigenvalue weighted by Gasteiger charge is 2.52. The van der Waals surface area contributed by atoms with Gasteiger partial charge in [0.15, 0.2) is 0 Å². The first-order valence-corrected chi connectivity index (χ1v) is 22.1. The highest BCUT2D eigenvalue weighted by Crippen LogP contribution is 2.57. The molecular formula is C55H33B2F3N2S. The Hall–Kier alpha value is -7.15. The van der Waals surface area contributed by atoms with Crippen LogP contribution in [0.15, 0.2) is 210 Å². The maximum atomic E-state index is 15.7. The van der Waals surface area contributed by atoms with Crippen LogP contribution in [0.25, 0.3) is 33.4 Å². The minimum atomic E-state index is -4.63. The molecule has 0 saturated carbocycles. The number of para-hydroxylation sites is 4. The molecule has 2 nitrogen and oxygen atoms in total. The Bertz CT molecular complexity index is 3290. The second-order valence-corrected chi connectivity index (χ2v) is 17.6. The van der Waals surface area contributed by atoms with Crippen LogP contribution in [0.3, 0.4) is 0 Å². The molecule has 0 spiro atoms. The monoisotopic (exact) mass is 832 g/mol. The summed E-state index contributed by atoms with van der Waals surface area (Å²) in [5.41, 5.74) is 16.9. The lowest BCUT2D eigenvalue weighted by atomic mass is 9.29. The highest BCUT2D eigenvalue weighted by molar-refractivity contribution is 8.00. The van der Waals surface area contributed by atoms with Crippen molar-refractivity contribution in [3.8, 4) is 33.4 Å². The van der Waals surface area contributed by atoms with Crippen LogP contribution >= 0.6 is 11.8 Å². The second kappa shape index (κ2) is 13.7. The Morgan fingerprint density at radius 1 is 0.381 bits per heavy atom. The Morgan fingerprint density at radius 2 is 0.825 bits per heavy atom. The predicted molar refractivity (Wildman–Crippen MR) is 257 cm³/mol. The van der Waals surface area contributed by atoms with Gasteiger partial charge in [0, 0.05) is 43.7 Å². The number of fused-ring (bicyclic) bond motifs is 10. The zero-order chi connectivity index (χ0) is 42.0. The predicted octanol–water partition coefficient (Wildman–Crippen LogP) is 11.1. The Labute approximate surface area is 368 Å². The van der Waals surface area contributed by atoms with Crippen molar-refractivity contribution in [1.29, 1.82) is 0 Å². The van der Waals surface area contributed by atoms with E-state index < -0.39 is 11.7 Å². The molecule has 8 heteroatoms. The molecule has 4 aliphatic heterocycles. The van der Waals surface area contributed by atoms with Crippen molar-refractivity contribution in [1.82, 2.24) is 0 Å². The normalized spacial score (nSPS) is 13.8. The maximum Gasteiger partial charge on any atom is 0.418 e. The molecular weight excluding hydrogens is 799 g/mol. The lowest BCUT2D eigenvalue weighted by Crippen LogP contribution is -2.68. The summed E-state index contributed by atoms with van der Waals surface area (Å²) in [5.74, 6) is 0. The number of hydrogen-bond acceptors (Lipinski definition) is 3. The number of rotatable bonds is 4. The van der Waals surface area contributed by atoms with E-state index in [0.717, 1.165) is 88.0 Å². The van der Waals surface area contributed by atoms with Gasteiger partial charge in [0.25, 0.3) is 6.71 Å². The van der Waals surface area contributed by atoms with Gasteiger partial charge in [-0.1, -0.05) is 181 Å². The summed E-state index contributed by atoms with van der Waals surface area (Å²) in [7, 11) is 0. The van der Waals surface area contributed by atoms with E-state index in [1.165, 1.54) is 28.5 Å². The molecule has 9 aromatic carbocycles. The summed E-state index contributed by atoms with van der Waals surface area (Å²) in [4.78, 5) is 6.59. The van der Waals surface area contributed by atoms with Crippen molar-refractivity contribution < 1.29 is 13.2 Å². The van der Waals surface area contributed by atoms with E-state index in [0.29, 0.717) is 0 Å². The van der Waals surface area contributed by atoms with Gasteiger partial charge in [-0.25, -0.2) is 0 Å². The highest BCUT2D eigenvalue weighted by atomic mass is 32.2. The largest absolute Gasteiger partial charge is 0.418 e. The maximum absolute atomic E-state index is 15.7. The summed E-state index contributed by atoms with van der Waals surface area (Å²) in [5, 5.41) is 0. The Morgan fingerprint density at radius 3 is 1.38 bits per heavy atom. The molecule has 0 unspecified atom stereocenters. The third-order valence-corrected chi connectivity index (χ3v) is 14.6. The van der Waals surface area contributed by atoms with Crippen molar-refractivity contribution in [2.45, 2.75) is 16.0 Å². The van der Waals surface area contributed by atoms with E-state index in [2.05, 4.69) is 150 Å². The van der Waals surface area contributed by atoms with Crippen molar-refractivity contribution in [3.05, 3.63) is 206 Å². The SMILES string of the molecule is FC(F)(F)c1ccccc1N1c2ccccc2B2c3ccccc3N3c4ccccc4B4c5ccccc5Sc5c4c3c2c1c5-c1c(-c2ccccc2)cccc1-c1ccccc1. The second-order valence-electron chi connectivity index (χ2n) is 16.6. The number of halogens is 3. The molecule has 4 heterocycles. The zero-order valence-corrected chi connectivity index (χ0v) is 34.5. The molecule has 0 aromatic heterocycles. The van der Waals surface area contributed by atoms with Gasteiger partial charge in [0.1, 0.15) is 0 Å². The van der Waals surface area contributed by atoms with Gasteiger partial charge in [0.2, 0.25) is 6.71 Å². The van der Waals surface area contributed by atoms with Gasteiger partial charge in [-0.05, 0) is 86.0 Å². The average Bonchev–Trinajstić information content (AvgIpc) is 3.33. The molecule has 13 rings (SSSR count). The fourth-order valence-electron chi connectivity index (χ4n) is 11.0. The Balaban J connectivity index is 1.30. The number of alkyl halides is 3. The van der Waals surface area contributed by atoms with Crippen LogP contribution in [0.5, 0.6) is 0 Å².